The summed E-state index contributed by atoms with van der Waals surface area (Å²) >= 11 is 6.31. The van der Waals surface area contributed by atoms with Gasteiger partial charge in [-0.1, -0.05) is 45.2 Å². The summed E-state index contributed by atoms with van der Waals surface area (Å²) in [6, 6.07) is 1.34. The van der Waals surface area contributed by atoms with E-state index in [1.165, 1.54) is 38.1 Å². The van der Waals surface area contributed by atoms with E-state index >= 15 is 0 Å². The van der Waals surface area contributed by atoms with Crippen LogP contribution in [0.4, 0.5) is 0 Å². The van der Waals surface area contributed by atoms with E-state index in [4.69, 9.17) is 11.1 Å². The standard InChI is InChI=1S/C9H19ClSi/c1-11(2,10)8-9-6-4-3-5-7-9/h9H,3-8H2,1-2H3. The Morgan fingerprint density at radius 3 is 2.18 bits per heavy atom. The van der Waals surface area contributed by atoms with Gasteiger partial charge >= 0.3 is 0 Å². The van der Waals surface area contributed by atoms with Crippen LogP contribution in [0.1, 0.15) is 32.1 Å². The third-order valence-corrected chi connectivity index (χ3v) is 4.51. The Hall–Kier alpha value is 0.507. The van der Waals surface area contributed by atoms with Crippen molar-refractivity contribution in [2.75, 3.05) is 0 Å². The molecule has 0 amide bonds. The van der Waals surface area contributed by atoms with Gasteiger partial charge in [0.25, 0.3) is 0 Å². The van der Waals surface area contributed by atoms with Crippen molar-refractivity contribution in [2.45, 2.75) is 51.2 Å². The van der Waals surface area contributed by atoms with Crippen molar-refractivity contribution in [2.24, 2.45) is 5.92 Å². The van der Waals surface area contributed by atoms with Crippen LogP contribution in [0.25, 0.3) is 0 Å². The van der Waals surface area contributed by atoms with Gasteiger partial charge < -0.3 is 0 Å². The molecule has 0 aliphatic heterocycles. The van der Waals surface area contributed by atoms with Gasteiger partial charge in [-0.05, 0) is 12.0 Å². The number of rotatable bonds is 2. The lowest BCUT2D eigenvalue weighted by atomic mass is 9.91. The van der Waals surface area contributed by atoms with E-state index in [-0.39, 0.29) is 0 Å². The van der Waals surface area contributed by atoms with Crippen LogP contribution in [0.3, 0.4) is 0 Å². The highest BCUT2D eigenvalue weighted by atomic mass is 35.6. The molecule has 0 aromatic carbocycles. The Kier molecular flexibility index (Phi) is 3.44. The molecular formula is C9H19ClSi. The molecular weight excluding hydrogens is 172 g/mol. The summed E-state index contributed by atoms with van der Waals surface area (Å²) in [5.74, 6) is 0.975. The first-order valence-corrected chi connectivity index (χ1v) is 8.99. The largest absolute Gasteiger partial charge is 0.168 e. The number of hydrogen-bond acceptors (Lipinski definition) is 0. The van der Waals surface area contributed by atoms with Crippen LogP contribution >= 0.6 is 11.1 Å². The molecule has 0 spiro atoms. The van der Waals surface area contributed by atoms with E-state index in [1.807, 2.05) is 0 Å². The summed E-state index contributed by atoms with van der Waals surface area (Å²) in [6.07, 6.45) is 7.26. The minimum absolute atomic E-state index is 0.975. The van der Waals surface area contributed by atoms with E-state index in [9.17, 15) is 0 Å². The molecule has 0 heterocycles. The molecule has 0 radical (unpaired) electrons. The van der Waals surface area contributed by atoms with E-state index in [2.05, 4.69) is 13.1 Å². The van der Waals surface area contributed by atoms with Crippen molar-refractivity contribution in [1.82, 2.24) is 0 Å². The molecule has 11 heavy (non-hydrogen) atoms. The second-order valence-electron chi connectivity index (χ2n) is 4.43. The normalized spacial score (nSPS) is 22.1. The summed E-state index contributed by atoms with van der Waals surface area (Å²) in [4.78, 5) is 0. The topological polar surface area (TPSA) is 0 Å². The predicted octanol–water partition coefficient (Wildman–Crippen LogP) is 4.01. The monoisotopic (exact) mass is 190 g/mol. The summed E-state index contributed by atoms with van der Waals surface area (Å²) in [7, 11) is -1.27. The molecule has 1 aliphatic carbocycles. The molecule has 0 N–H and O–H groups in total. The molecule has 0 bridgehead atoms. The minimum atomic E-state index is -1.27. The van der Waals surface area contributed by atoms with E-state index in [1.54, 1.807) is 0 Å². The maximum absolute atomic E-state index is 6.31. The van der Waals surface area contributed by atoms with Gasteiger partial charge in [-0.3, -0.25) is 0 Å². The first-order valence-electron chi connectivity index (χ1n) is 4.77. The van der Waals surface area contributed by atoms with Crippen LogP contribution in [0.5, 0.6) is 0 Å². The van der Waals surface area contributed by atoms with Crippen LogP contribution in [-0.4, -0.2) is 7.38 Å². The van der Waals surface area contributed by atoms with Crippen molar-refractivity contribution in [1.29, 1.82) is 0 Å². The molecule has 1 saturated carbocycles. The van der Waals surface area contributed by atoms with Crippen LogP contribution in [0, 0.1) is 5.92 Å². The third kappa shape index (κ3) is 4.17. The lowest BCUT2D eigenvalue weighted by molar-refractivity contribution is 0.383. The molecule has 0 unspecified atom stereocenters. The van der Waals surface area contributed by atoms with E-state index in [0.29, 0.717) is 0 Å². The molecule has 0 nitrogen and oxygen atoms in total. The fourth-order valence-electron chi connectivity index (χ4n) is 2.08. The van der Waals surface area contributed by atoms with Crippen molar-refractivity contribution < 1.29 is 0 Å². The predicted molar refractivity (Wildman–Crippen MR) is 54.7 cm³/mol. The molecule has 0 aromatic rings. The fraction of sp³-hybridized carbons (Fsp3) is 1.00. The quantitative estimate of drug-likeness (QED) is 0.456. The van der Waals surface area contributed by atoms with Crippen molar-refractivity contribution in [3.05, 3.63) is 0 Å². The second kappa shape index (κ2) is 3.95. The van der Waals surface area contributed by atoms with Gasteiger partial charge in [0.05, 0.1) is 0 Å². The molecule has 0 saturated heterocycles. The average Bonchev–Trinajstić information content (AvgIpc) is 1.85. The first-order chi connectivity index (χ1) is 5.08. The van der Waals surface area contributed by atoms with Crippen LogP contribution in [0.2, 0.25) is 19.1 Å². The Morgan fingerprint density at radius 2 is 1.73 bits per heavy atom. The Balaban J connectivity index is 2.24. The SMILES string of the molecule is C[Si](C)(Cl)CC1CCCCC1. The van der Waals surface area contributed by atoms with Crippen LogP contribution in [0.15, 0.2) is 0 Å². The number of hydrogen-bond donors (Lipinski definition) is 0. The molecule has 2 heteroatoms. The fourth-order valence-corrected chi connectivity index (χ4v) is 4.51. The summed E-state index contributed by atoms with van der Waals surface area (Å²) in [5.41, 5.74) is 0. The van der Waals surface area contributed by atoms with E-state index in [0.717, 1.165) is 5.92 Å². The molecule has 1 fully saturated rings. The van der Waals surface area contributed by atoms with Gasteiger partial charge in [0.2, 0.25) is 0 Å². The molecule has 1 rings (SSSR count). The van der Waals surface area contributed by atoms with Crippen molar-refractivity contribution in [3.8, 4) is 0 Å². The van der Waals surface area contributed by atoms with Crippen LogP contribution < -0.4 is 0 Å². The summed E-state index contributed by atoms with van der Waals surface area (Å²) in [6.45, 7) is 4.53. The highest BCUT2D eigenvalue weighted by molar-refractivity contribution is 7.19. The maximum Gasteiger partial charge on any atom is 0.150 e. The Morgan fingerprint density at radius 1 is 1.18 bits per heavy atom. The molecule has 0 aromatic heterocycles. The summed E-state index contributed by atoms with van der Waals surface area (Å²) in [5, 5.41) is 0. The molecule has 0 atom stereocenters. The van der Waals surface area contributed by atoms with E-state index < -0.39 is 7.38 Å². The zero-order chi connectivity index (χ0) is 8.32. The second-order valence-corrected chi connectivity index (χ2v) is 11.3. The van der Waals surface area contributed by atoms with Gasteiger partial charge in [-0.2, -0.15) is 11.1 Å². The average molecular weight is 191 g/mol. The minimum Gasteiger partial charge on any atom is -0.168 e. The van der Waals surface area contributed by atoms with Gasteiger partial charge in [0.1, 0.15) is 0 Å². The smallest absolute Gasteiger partial charge is 0.150 e. The lowest BCUT2D eigenvalue weighted by Crippen LogP contribution is -2.22. The zero-order valence-electron chi connectivity index (χ0n) is 7.70. The van der Waals surface area contributed by atoms with Crippen LogP contribution in [-0.2, 0) is 0 Å². The maximum atomic E-state index is 6.31. The first kappa shape index (κ1) is 9.59. The third-order valence-electron chi connectivity index (χ3n) is 2.50. The van der Waals surface area contributed by atoms with Crippen molar-refractivity contribution >= 4 is 18.5 Å². The Bertz CT molecular complexity index is 111. The van der Waals surface area contributed by atoms with Crippen molar-refractivity contribution in [3.63, 3.8) is 0 Å². The Labute approximate surface area is 76.0 Å². The molecule has 66 valence electrons. The van der Waals surface area contributed by atoms with Gasteiger partial charge in [0, 0.05) is 0 Å². The molecule has 1 aliphatic rings. The zero-order valence-corrected chi connectivity index (χ0v) is 9.45. The van der Waals surface area contributed by atoms with Gasteiger partial charge in [-0.25, -0.2) is 0 Å². The number of halogens is 1. The van der Waals surface area contributed by atoms with Gasteiger partial charge in [0.15, 0.2) is 7.38 Å². The lowest BCUT2D eigenvalue weighted by Gasteiger charge is -2.25. The van der Waals surface area contributed by atoms with Gasteiger partial charge in [-0.15, -0.1) is 0 Å². The highest BCUT2D eigenvalue weighted by Gasteiger charge is 2.24. The highest BCUT2D eigenvalue weighted by Crippen LogP contribution is 2.32. The summed E-state index contributed by atoms with van der Waals surface area (Å²) < 4.78 is 0.